The normalized spacial score (nSPS) is 13.9. The van der Waals surface area contributed by atoms with Gasteiger partial charge in [-0.1, -0.05) is 24.3 Å². The first-order chi connectivity index (χ1) is 14.1. The molecule has 29 heavy (non-hydrogen) atoms. The highest BCUT2D eigenvalue weighted by Crippen LogP contribution is 2.30. The molecule has 146 valence electrons. The molecule has 5 heteroatoms. The van der Waals surface area contributed by atoms with Gasteiger partial charge in [-0.3, -0.25) is 0 Å². The van der Waals surface area contributed by atoms with Gasteiger partial charge in [0.1, 0.15) is 11.6 Å². The van der Waals surface area contributed by atoms with Gasteiger partial charge in [0.25, 0.3) is 0 Å². The van der Waals surface area contributed by atoms with Crippen molar-refractivity contribution >= 4 is 11.0 Å². The maximum atomic E-state index is 14.8. The Morgan fingerprint density at radius 1 is 1.03 bits per heavy atom. The number of fused-ring (bicyclic) bond motifs is 2. The largest absolute Gasteiger partial charge is 0.345 e. The van der Waals surface area contributed by atoms with Crippen LogP contribution in [0.1, 0.15) is 22.3 Å². The summed E-state index contributed by atoms with van der Waals surface area (Å²) >= 11 is 0. The van der Waals surface area contributed by atoms with Crippen LogP contribution < -0.4 is 5.32 Å². The van der Waals surface area contributed by atoms with E-state index in [-0.39, 0.29) is 18.2 Å². The Morgan fingerprint density at radius 2 is 1.72 bits per heavy atom. The topological polar surface area (TPSA) is 40.7 Å². The molecule has 0 atom stereocenters. The first-order valence-electron chi connectivity index (χ1n) is 9.80. The highest BCUT2D eigenvalue weighted by molar-refractivity contribution is 5.83. The van der Waals surface area contributed by atoms with E-state index in [2.05, 4.69) is 27.4 Å². The van der Waals surface area contributed by atoms with E-state index < -0.39 is 11.6 Å². The molecule has 3 aromatic carbocycles. The lowest BCUT2D eigenvalue weighted by Gasteiger charge is -2.14. The minimum atomic E-state index is -0.524. The number of H-pyrrole nitrogens is 1. The van der Waals surface area contributed by atoms with E-state index >= 15 is 0 Å². The summed E-state index contributed by atoms with van der Waals surface area (Å²) in [6.45, 7) is 2.10. The zero-order valence-corrected chi connectivity index (χ0v) is 16.1. The molecule has 0 aliphatic heterocycles. The quantitative estimate of drug-likeness (QED) is 0.511. The number of imidazole rings is 1. The summed E-state index contributed by atoms with van der Waals surface area (Å²) in [6, 6.07) is 15.1. The molecule has 0 radical (unpaired) electrons. The van der Waals surface area contributed by atoms with Crippen molar-refractivity contribution in [1.29, 1.82) is 0 Å². The Kier molecular flexibility index (Phi) is 4.40. The van der Waals surface area contributed by atoms with E-state index in [1.54, 1.807) is 6.33 Å². The molecule has 1 aromatic heterocycles. The Hall–Kier alpha value is -3.05. The van der Waals surface area contributed by atoms with Crippen LogP contribution in [0, 0.1) is 18.6 Å². The maximum absolute atomic E-state index is 14.8. The van der Waals surface area contributed by atoms with Gasteiger partial charge in [0, 0.05) is 18.2 Å². The number of nitrogens with one attached hydrogen (secondary N) is 2. The van der Waals surface area contributed by atoms with E-state index in [1.165, 1.54) is 23.3 Å². The highest BCUT2D eigenvalue weighted by Gasteiger charge is 2.22. The Morgan fingerprint density at radius 3 is 2.41 bits per heavy atom. The molecular formula is C24H21F2N3. The van der Waals surface area contributed by atoms with E-state index in [0.29, 0.717) is 5.56 Å². The third-order valence-corrected chi connectivity index (χ3v) is 5.84. The summed E-state index contributed by atoms with van der Waals surface area (Å²) < 4.78 is 29.6. The van der Waals surface area contributed by atoms with E-state index in [0.717, 1.165) is 35.0 Å². The fourth-order valence-electron chi connectivity index (χ4n) is 4.28. The first kappa shape index (κ1) is 18.0. The molecule has 1 heterocycles. The van der Waals surface area contributed by atoms with Gasteiger partial charge in [-0.2, -0.15) is 0 Å². The van der Waals surface area contributed by atoms with E-state index in [9.17, 15) is 8.78 Å². The van der Waals surface area contributed by atoms with Crippen molar-refractivity contribution in [3.63, 3.8) is 0 Å². The zero-order chi connectivity index (χ0) is 20.0. The molecule has 0 bridgehead atoms. The van der Waals surface area contributed by atoms with Crippen LogP contribution in [0.4, 0.5) is 8.78 Å². The van der Waals surface area contributed by atoms with Crippen LogP contribution in [-0.4, -0.2) is 16.0 Å². The van der Waals surface area contributed by atoms with Crippen molar-refractivity contribution in [3.05, 3.63) is 88.7 Å². The van der Waals surface area contributed by atoms with E-state index in [4.69, 9.17) is 0 Å². The van der Waals surface area contributed by atoms with Gasteiger partial charge in [0.2, 0.25) is 0 Å². The van der Waals surface area contributed by atoms with Gasteiger partial charge in [0.15, 0.2) is 0 Å². The van der Waals surface area contributed by atoms with Gasteiger partial charge in [-0.25, -0.2) is 13.8 Å². The molecule has 5 rings (SSSR count). The van der Waals surface area contributed by atoms with Crippen molar-refractivity contribution in [2.75, 3.05) is 0 Å². The number of nitrogens with zero attached hydrogens (tertiary/aromatic N) is 1. The standard InChI is InChI=1S/C24H21F2N3/c1-14-6-23-24(29-13-28-23)11-19(14)17-9-21(25)20(22(26)10-17)12-27-18-7-15-4-2-3-5-16(15)8-18/h2-6,9-11,13,18,27H,7-8,12H2,1H3,(H,28,29). The number of benzene rings is 3. The average Bonchev–Trinajstić information content (AvgIpc) is 3.32. The minimum absolute atomic E-state index is 0.0863. The Bertz CT molecular complexity index is 1160. The third-order valence-electron chi connectivity index (χ3n) is 5.84. The molecule has 0 unspecified atom stereocenters. The van der Waals surface area contributed by atoms with Crippen molar-refractivity contribution in [2.45, 2.75) is 32.4 Å². The molecule has 0 fully saturated rings. The maximum Gasteiger partial charge on any atom is 0.131 e. The summed E-state index contributed by atoms with van der Waals surface area (Å²) in [5, 5.41) is 3.32. The Balaban J connectivity index is 1.38. The van der Waals surface area contributed by atoms with Crippen molar-refractivity contribution in [3.8, 4) is 11.1 Å². The molecule has 0 spiro atoms. The molecule has 1 aliphatic rings. The summed E-state index contributed by atoms with van der Waals surface area (Å²) in [5.41, 5.74) is 6.64. The van der Waals surface area contributed by atoms with Crippen LogP contribution in [0.2, 0.25) is 0 Å². The molecule has 0 amide bonds. The van der Waals surface area contributed by atoms with Gasteiger partial charge >= 0.3 is 0 Å². The molecule has 3 nitrogen and oxygen atoms in total. The minimum Gasteiger partial charge on any atom is -0.345 e. The molecule has 0 saturated heterocycles. The van der Waals surface area contributed by atoms with Crippen LogP contribution in [-0.2, 0) is 19.4 Å². The van der Waals surface area contributed by atoms with Crippen LogP contribution >= 0.6 is 0 Å². The monoisotopic (exact) mass is 389 g/mol. The van der Waals surface area contributed by atoms with Crippen molar-refractivity contribution < 1.29 is 8.78 Å². The fraction of sp³-hybridized carbons (Fsp3) is 0.208. The lowest BCUT2D eigenvalue weighted by atomic mass is 9.98. The SMILES string of the molecule is Cc1cc2[nH]cnc2cc1-c1cc(F)c(CNC2Cc3ccccc3C2)c(F)c1. The molecule has 1 aliphatic carbocycles. The number of aromatic amines is 1. The van der Waals surface area contributed by atoms with Crippen LogP contribution in [0.5, 0.6) is 0 Å². The number of hydrogen-bond acceptors (Lipinski definition) is 2. The van der Waals surface area contributed by atoms with Crippen LogP contribution in [0.25, 0.3) is 22.2 Å². The number of aromatic nitrogens is 2. The predicted octanol–water partition coefficient (Wildman–Crippen LogP) is 5.07. The zero-order valence-electron chi connectivity index (χ0n) is 16.1. The van der Waals surface area contributed by atoms with Gasteiger partial charge < -0.3 is 10.3 Å². The predicted molar refractivity (Wildman–Crippen MR) is 111 cm³/mol. The van der Waals surface area contributed by atoms with Crippen molar-refractivity contribution in [2.24, 2.45) is 0 Å². The smallest absolute Gasteiger partial charge is 0.131 e. The average molecular weight is 389 g/mol. The number of hydrogen-bond donors (Lipinski definition) is 2. The van der Waals surface area contributed by atoms with Crippen molar-refractivity contribution in [1.82, 2.24) is 15.3 Å². The van der Waals surface area contributed by atoms with Gasteiger partial charge in [0.05, 0.1) is 17.4 Å². The fourth-order valence-corrected chi connectivity index (χ4v) is 4.28. The van der Waals surface area contributed by atoms with E-state index in [1.807, 2.05) is 31.2 Å². The lowest BCUT2D eigenvalue weighted by Crippen LogP contribution is -2.29. The molecule has 2 N–H and O–H groups in total. The molecular weight excluding hydrogens is 368 g/mol. The van der Waals surface area contributed by atoms with Gasteiger partial charge in [-0.15, -0.1) is 0 Å². The second kappa shape index (κ2) is 7.08. The molecule has 4 aromatic rings. The Labute approximate surface area is 167 Å². The first-order valence-corrected chi connectivity index (χ1v) is 9.80. The second-order valence-electron chi connectivity index (χ2n) is 7.76. The number of halogens is 2. The second-order valence-corrected chi connectivity index (χ2v) is 7.76. The number of aryl methyl sites for hydroxylation is 1. The number of rotatable bonds is 4. The molecule has 0 saturated carbocycles. The third kappa shape index (κ3) is 3.32. The summed E-state index contributed by atoms with van der Waals surface area (Å²) in [6.07, 6.45) is 3.39. The highest BCUT2D eigenvalue weighted by atomic mass is 19.1. The lowest BCUT2D eigenvalue weighted by molar-refractivity contribution is 0.492. The van der Waals surface area contributed by atoms with Crippen LogP contribution in [0.15, 0.2) is 54.9 Å². The summed E-state index contributed by atoms with van der Waals surface area (Å²) in [4.78, 5) is 7.30. The summed E-state index contributed by atoms with van der Waals surface area (Å²) in [7, 11) is 0. The van der Waals surface area contributed by atoms with Gasteiger partial charge in [-0.05, 0) is 71.8 Å². The summed E-state index contributed by atoms with van der Waals surface area (Å²) in [5.74, 6) is -1.05. The van der Waals surface area contributed by atoms with Crippen LogP contribution in [0.3, 0.4) is 0 Å².